The maximum atomic E-state index is 11.1. The molecule has 2 rings (SSSR count). The van der Waals surface area contributed by atoms with Crippen LogP contribution in [0.2, 0.25) is 0 Å². The number of aryl methyl sites for hydroxylation is 1. The van der Waals surface area contributed by atoms with Gasteiger partial charge in [-0.05, 0) is 53.1 Å². The zero-order valence-corrected chi connectivity index (χ0v) is 17.0. The zero-order valence-electron chi connectivity index (χ0n) is 16.2. The van der Waals surface area contributed by atoms with Crippen LogP contribution in [0, 0.1) is 6.92 Å². The lowest BCUT2D eigenvalue weighted by Gasteiger charge is -2.19. The third-order valence-electron chi connectivity index (χ3n) is 4.39. The van der Waals surface area contributed by atoms with E-state index in [2.05, 4.69) is 39.8 Å². The van der Waals surface area contributed by atoms with Crippen LogP contribution in [-0.2, 0) is 29.8 Å². The lowest BCUT2D eigenvalue weighted by atomic mass is 9.87. The Morgan fingerprint density at radius 2 is 1.65 bits per heavy atom. The van der Waals surface area contributed by atoms with E-state index < -0.39 is 11.4 Å². The first-order valence-corrected chi connectivity index (χ1v) is 9.89. The average Bonchev–Trinajstić information content (AvgIpc) is 2.57. The second-order valence-electron chi connectivity index (χ2n) is 7.45. The standard InChI is InChI=1S/C21H28O4S/c1-6-7-16-8-9-17(15(2)20(16)25-26(22)23)14-24-19-12-10-18(11-13-19)21(3,4)5/h8-13H,6-7,14H2,1-5H3,(H,22,23). The second-order valence-corrected chi connectivity index (χ2v) is 8.05. The second kappa shape index (κ2) is 8.69. The van der Waals surface area contributed by atoms with E-state index in [0.29, 0.717) is 12.4 Å². The molecule has 2 aromatic carbocycles. The molecule has 0 aliphatic carbocycles. The van der Waals surface area contributed by atoms with E-state index in [1.165, 1.54) is 5.56 Å². The number of ether oxygens (including phenoxy) is 1. The Bertz CT molecular complexity index is 761. The highest BCUT2D eigenvalue weighted by Crippen LogP contribution is 2.30. The predicted octanol–water partition coefficient (Wildman–Crippen LogP) is 5.34. The molecule has 0 radical (unpaired) electrons. The van der Waals surface area contributed by atoms with E-state index in [1.807, 2.05) is 31.2 Å². The van der Waals surface area contributed by atoms with Gasteiger partial charge in [0.2, 0.25) is 0 Å². The van der Waals surface area contributed by atoms with Crippen molar-refractivity contribution in [2.45, 2.75) is 59.5 Å². The molecule has 5 heteroatoms. The van der Waals surface area contributed by atoms with Crippen LogP contribution in [0.5, 0.6) is 11.5 Å². The van der Waals surface area contributed by atoms with E-state index in [9.17, 15) is 4.21 Å². The fourth-order valence-electron chi connectivity index (χ4n) is 2.81. The van der Waals surface area contributed by atoms with Gasteiger partial charge in [0.05, 0.1) is 0 Å². The highest BCUT2D eigenvalue weighted by molar-refractivity contribution is 7.74. The number of hydrogen-bond acceptors (Lipinski definition) is 3. The Hall–Kier alpha value is -1.85. The number of rotatable bonds is 7. The van der Waals surface area contributed by atoms with E-state index in [-0.39, 0.29) is 5.41 Å². The lowest BCUT2D eigenvalue weighted by Crippen LogP contribution is -2.10. The molecule has 0 aliphatic rings. The number of hydrogen-bond donors (Lipinski definition) is 1. The van der Waals surface area contributed by atoms with Gasteiger partial charge in [-0.25, -0.2) is 0 Å². The van der Waals surface area contributed by atoms with E-state index in [1.54, 1.807) is 0 Å². The Morgan fingerprint density at radius 1 is 1.04 bits per heavy atom. The summed E-state index contributed by atoms with van der Waals surface area (Å²) in [5, 5.41) is 0. The maximum absolute atomic E-state index is 11.1. The zero-order chi connectivity index (χ0) is 19.3. The Morgan fingerprint density at radius 3 is 2.19 bits per heavy atom. The highest BCUT2D eigenvalue weighted by atomic mass is 32.2. The Balaban J connectivity index is 2.17. The molecular formula is C21H28O4S. The van der Waals surface area contributed by atoms with Gasteiger partial charge in [-0.15, -0.1) is 0 Å². The molecule has 0 heterocycles. The van der Waals surface area contributed by atoms with E-state index in [4.69, 9.17) is 13.5 Å². The van der Waals surface area contributed by atoms with Gasteiger partial charge < -0.3 is 8.92 Å². The van der Waals surface area contributed by atoms with Crippen LogP contribution in [0.4, 0.5) is 0 Å². The molecule has 0 amide bonds. The van der Waals surface area contributed by atoms with Crippen molar-refractivity contribution in [2.24, 2.45) is 0 Å². The van der Waals surface area contributed by atoms with Gasteiger partial charge in [-0.3, -0.25) is 4.55 Å². The smallest absolute Gasteiger partial charge is 0.357 e. The van der Waals surface area contributed by atoms with Crippen molar-refractivity contribution < 1.29 is 17.7 Å². The van der Waals surface area contributed by atoms with Crippen LogP contribution in [0.3, 0.4) is 0 Å². The molecule has 26 heavy (non-hydrogen) atoms. The summed E-state index contributed by atoms with van der Waals surface area (Å²) in [6.07, 6.45) is 1.73. The fourth-order valence-corrected chi connectivity index (χ4v) is 3.19. The third kappa shape index (κ3) is 5.32. The molecule has 1 unspecified atom stereocenters. The van der Waals surface area contributed by atoms with Crippen molar-refractivity contribution in [1.29, 1.82) is 0 Å². The molecule has 4 nitrogen and oxygen atoms in total. The van der Waals surface area contributed by atoms with Crippen LogP contribution in [0.15, 0.2) is 36.4 Å². The summed E-state index contributed by atoms with van der Waals surface area (Å²) in [6.45, 7) is 10.9. The summed E-state index contributed by atoms with van der Waals surface area (Å²) >= 11 is -2.34. The van der Waals surface area contributed by atoms with Crippen molar-refractivity contribution >= 4 is 11.4 Å². The first-order chi connectivity index (χ1) is 12.2. The Labute approximate surface area is 159 Å². The van der Waals surface area contributed by atoms with Gasteiger partial charge in [0.1, 0.15) is 18.1 Å². The van der Waals surface area contributed by atoms with Crippen LogP contribution in [0.25, 0.3) is 0 Å². The van der Waals surface area contributed by atoms with Crippen molar-refractivity contribution in [2.75, 3.05) is 0 Å². The number of benzene rings is 2. The van der Waals surface area contributed by atoms with Crippen LogP contribution in [-0.4, -0.2) is 8.76 Å². The van der Waals surface area contributed by atoms with Crippen LogP contribution >= 0.6 is 0 Å². The molecule has 0 fully saturated rings. The molecule has 0 aliphatic heterocycles. The normalized spacial score (nSPS) is 12.7. The topological polar surface area (TPSA) is 55.8 Å². The van der Waals surface area contributed by atoms with E-state index >= 15 is 0 Å². The third-order valence-corrected chi connectivity index (χ3v) is 4.70. The molecule has 0 aromatic heterocycles. The molecule has 0 saturated carbocycles. The summed E-state index contributed by atoms with van der Waals surface area (Å²) in [5.41, 5.74) is 4.07. The first kappa shape index (κ1) is 20.5. The SMILES string of the molecule is CCCc1ccc(COc2ccc(C(C)(C)C)cc2)c(C)c1OS(=O)O. The summed E-state index contributed by atoms with van der Waals surface area (Å²) < 4.78 is 31.3. The first-order valence-electron chi connectivity index (χ1n) is 8.86. The molecule has 1 atom stereocenters. The van der Waals surface area contributed by atoms with Crippen molar-refractivity contribution in [3.8, 4) is 11.5 Å². The highest BCUT2D eigenvalue weighted by Gasteiger charge is 2.15. The van der Waals surface area contributed by atoms with Gasteiger partial charge >= 0.3 is 11.4 Å². The van der Waals surface area contributed by atoms with Crippen molar-refractivity contribution in [1.82, 2.24) is 0 Å². The predicted molar refractivity (Wildman–Crippen MR) is 106 cm³/mol. The molecular weight excluding hydrogens is 348 g/mol. The van der Waals surface area contributed by atoms with E-state index in [0.717, 1.165) is 35.3 Å². The Kier molecular flexibility index (Phi) is 6.84. The summed E-state index contributed by atoms with van der Waals surface area (Å²) in [6, 6.07) is 12.0. The fraction of sp³-hybridized carbons (Fsp3) is 0.429. The molecule has 142 valence electrons. The van der Waals surface area contributed by atoms with Crippen molar-refractivity contribution in [3.05, 3.63) is 58.7 Å². The minimum atomic E-state index is -2.34. The molecule has 1 N–H and O–H groups in total. The lowest BCUT2D eigenvalue weighted by molar-refractivity contribution is 0.304. The quantitative estimate of drug-likeness (QED) is 0.663. The minimum absolute atomic E-state index is 0.108. The van der Waals surface area contributed by atoms with Crippen LogP contribution in [0.1, 0.15) is 56.4 Å². The summed E-state index contributed by atoms with van der Waals surface area (Å²) in [7, 11) is 0. The summed E-state index contributed by atoms with van der Waals surface area (Å²) in [4.78, 5) is 0. The molecule has 0 saturated heterocycles. The van der Waals surface area contributed by atoms with Crippen LogP contribution < -0.4 is 8.92 Å². The minimum Gasteiger partial charge on any atom is -0.489 e. The molecule has 0 bridgehead atoms. The molecule has 2 aromatic rings. The summed E-state index contributed by atoms with van der Waals surface area (Å²) in [5.74, 6) is 1.28. The van der Waals surface area contributed by atoms with Gasteiger partial charge in [0.25, 0.3) is 0 Å². The van der Waals surface area contributed by atoms with Gasteiger partial charge in [-0.2, -0.15) is 4.21 Å². The van der Waals surface area contributed by atoms with Gasteiger partial charge in [0.15, 0.2) is 0 Å². The van der Waals surface area contributed by atoms with Crippen molar-refractivity contribution in [3.63, 3.8) is 0 Å². The maximum Gasteiger partial charge on any atom is 0.357 e. The monoisotopic (exact) mass is 376 g/mol. The largest absolute Gasteiger partial charge is 0.489 e. The molecule has 0 spiro atoms. The average molecular weight is 377 g/mol. The van der Waals surface area contributed by atoms with Gasteiger partial charge in [-0.1, -0.05) is 58.4 Å². The van der Waals surface area contributed by atoms with Gasteiger partial charge in [0, 0.05) is 0 Å².